The molecule has 1 aliphatic rings. The molecule has 5 heteroatoms. The van der Waals surface area contributed by atoms with E-state index in [1.54, 1.807) is 0 Å². The topological polar surface area (TPSA) is 55.3 Å². The molecule has 1 saturated heterocycles. The van der Waals surface area contributed by atoms with Crippen LogP contribution in [-0.2, 0) is 9.53 Å². The molecule has 0 spiro atoms. The quantitative estimate of drug-likeness (QED) is 0.848. The molecule has 0 bridgehead atoms. The van der Waals surface area contributed by atoms with Crippen LogP contribution in [0.15, 0.2) is 42.6 Å². The van der Waals surface area contributed by atoms with Gasteiger partial charge in [0.1, 0.15) is 6.61 Å². The maximum atomic E-state index is 12.2. The van der Waals surface area contributed by atoms with Crippen molar-refractivity contribution < 1.29 is 9.53 Å². The Balaban J connectivity index is 1.73. The first-order chi connectivity index (χ1) is 11.8. The van der Waals surface area contributed by atoms with E-state index < -0.39 is 0 Å². The van der Waals surface area contributed by atoms with Gasteiger partial charge in [0.25, 0.3) is 0 Å². The third-order valence-corrected chi connectivity index (χ3v) is 4.33. The third-order valence-electron chi connectivity index (χ3n) is 4.33. The van der Waals surface area contributed by atoms with Gasteiger partial charge in [0.15, 0.2) is 5.82 Å². The van der Waals surface area contributed by atoms with Gasteiger partial charge in [-0.2, -0.15) is 0 Å². The van der Waals surface area contributed by atoms with Gasteiger partial charge in [-0.25, -0.2) is 9.97 Å². The Morgan fingerprint density at radius 2 is 2.12 bits per heavy atom. The minimum absolute atomic E-state index is 0.0684. The summed E-state index contributed by atoms with van der Waals surface area (Å²) in [6.07, 6.45) is 3.85. The average molecular weight is 325 g/mol. The van der Waals surface area contributed by atoms with Crippen LogP contribution in [0, 0.1) is 0 Å². The zero-order valence-electron chi connectivity index (χ0n) is 14.0. The number of carbonyl (C=O) groups is 1. The predicted octanol–water partition coefficient (Wildman–Crippen LogP) is 2.89. The number of hydrogen-bond donors (Lipinski definition) is 0. The van der Waals surface area contributed by atoms with Crippen molar-refractivity contribution in [2.45, 2.75) is 25.7 Å². The van der Waals surface area contributed by atoms with E-state index in [9.17, 15) is 4.79 Å². The highest BCUT2D eigenvalue weighted by Gasteiger charge is 2.25. The lowest BCUT2D eigenvalue weighted by Crippen LogP contribution is -2.41. The van der Waals surface area contributed by atoms with E-state index in [4.69, 9.17) is 9.72 Å². The SMILES string of the molecule is CCOCC(=O)N1CCC[C@@H](c2ccnc(-c3ccccc3)n2)C1. The molecule has 3 rings (SSSR count). The Kier molecular flexibility index (Phi) is 5.54. The number of hydrogen-bond acceptors (Lipinski definition) is 4. The molecule has 5 nitrogen and oxygen atoms in total. The summed E-state index contributed by atoms with van der Waals surface area (Å²) in [7, 11) is 0. The fourth-order valence-corrected chi connectivity index (χ4v) is 3.05. The van der Waals surface area contributed by atoms with E-state index in [0.29, 0.717) is 13.2 Å². The van der Waals surface area contributed by atoms with Crippen molar-refractivity contribution in [1.29, 1.82) is 0 Å². The van der Waals surface area contributed by atoms with Gasteiger partial charge in [-0.15, -0.1) is 0 Å². The number of amides is 1. The van der Waals surface area contributed by atoms with Crippen molar-refractivity contribution >= 4 is 5.91 Å². The molecule has 24 heavy (non-hydrogen) atoms. The number of aromatic nitrogens is 2. The predicted molar refractivity (Wildman–Crippen MR) is 92.5 cm³/mol. The van der Waals surface area contributed by atoms with E-state index in [1.807, 2.05) is 54.4 Å². The van der Waals surface area contributed by atoms with Gasteiger partial charge in [-0.1, -0.05) is 30.3 Å². The summed E-state index contributed by atoms with van der Waals surface area (Å²) in [4.78, 5) is 23.2. The highest BCUT2D eigenvalue weighted by Crippen LogP contribution is 2.26. The van der Waals surface area contributed by atoms with Crippen LogP contribution in [0.5, 0.6) is 0 Å². The lowest BCUT2D eigenvalue weighted by Gasteiger charge is -2.32. The molecule has 1 amide bonds. The summed E-state index contributed by atoms with van der Waals surface area (Å²) in [5.41, 5.74) is 2.03. The van der Waals surface area contributed by atoms with Crippen molar-refractivity contribution in [3.05, 3.63) is 48.3 Å². The van der Waals surface area contributed by atoms with E-state index in [1.165, 1.54) is 0 Å². The number of nitrogens with zero attached hydrogens (tertiary/aromatic N) is 3. The lowest BCUT2D eigenvalue weighted by atomic mass is 9.94. The second-order valence-electron chi connectivity index (χ2n) is 5.99. The smallest absolute Gasteiger partial charge is 0.248 e. The van der Waals surface area contributed by atoms with Crippen molar-refractivity contribution in [3.63, 3.8) is 0 Å². The number of likely N-dealkylation sites (tertiary alicyclic amines) is 1. The summed E-state index contributed by atoms with van der Waals surface area (Å²) < 4.78 is 5.25. The number of rotatable bonds is 5. The summed E-state index contributed by atoms with van der Waals surface area (Å²) >= 11 is 0. The molecule has 1 atom stereocenters. The molecule has 0 saturated carbocycles. The van der Waals surface area contributed by atoms with Crippen LogP contribution >= 0.6 is 0 Å². The molecular formula is C19H23N3O2. The molecule has 1 aliphatic heterocycles. The van der Waals surface area contributed by atoms with E-state index in [2.05, 4.69) is 4.98 Å². The minimum Gasteiger partial charge on any atom is -0.372 e. The van der Waals surface area contributed by atoms with Crippen LogP contribution in [0.4, 0.5) is 0 Å². The molecule has 0 N–H and O–H groups in total. The third kappa shape index (κ3) is 3.97. The Morgan fingerprint density at radius 1 is 1.29 bits per heavy atom. The average Bonchev–Trinajstić information content (AvgIpc) is 2.67. The van der Waals surface area contributed by atoms with Crippen LogP contribution < -0.4 is 0 Å². The molecule has 2 heterocycles. The molecule has 126 valence electrons. The Hall–Kier alpha value is -2.27. The van der Waals surface area contributed by atoms with Gasteiger partial charge in [0.2, 0.25) is 5.91 Å². The van der Waals surface area contributed by atoms with E-state index in [0.717, 1.165) is 36.5 Å². The fourth-order valence-electron chi connectivity index (χ4n) is 3.05. The van der Waals surface area contributed by atoms with Crippen molar-refractivity contribution in [2.75, 3.05) is 26.3 Å². The minimum atomic E-state index is 0.0684. The van der Waals surface area contributed by atoms with Crippen LogP contribution in [0.1, 0.15) is 31.4 Å². The zero-order chi connectivity index (χ0) is 16.8. The summed E-state index contributed by atoms with van der Waals surface area (Å²) in [5.74, 6) is 1.07. The van der Waals surface area contributed by atoms with Gasteiger partial charge >= 0.3 is 0 Å². The standard InChI is InChI=1S/C19H23N3O2/c1-2-24-14-18(23)22-12-6-9-16(13-22)17-10-11-20-19(21-17)15-7-4-3-5-8-15/h3-5,7-8,10-11,16H,2,6,9,12-14H2,1H3/t16-/m1/s1. The largest absolute Gasteiger partial charge is 0.372 e. The van der Waals surface area contributed by atoms with Gasteiger partial charge in [-0.3, -0.25) is 4.79 Å². The summed E-state index contributed by atoms with van der Waals surface area (Å²) in [5, 5.41) is 0. The molecule has 0 unspecified atom stereocenters. The van der Waals surface area contributed by atoms with Crippen LogP contribution in [0.2, 0.25) is 0 Å². The lowest BCUT2D eigenvalue weighted by molar-refractivity contribution is -0.137. The normalized spacial score (nSPS) is 17.7. The van der Waals surface area contributed by atoms with Crippen LogP contribution in [0.25, 0.3) is 11.4 Å². The van der Waals surface area contributed by atoms with Crippen LogP contribution in [-0.4, -0.2) is 47.1 Å². The van der Waals surface area contributed by atoms with Crippen molar-refractivity contribution in [2.24, 2.45) is 0 Å². The monoisotopic (exact) mass is 325 g/mol. The zero-order valence-corrected chi connectivity index (χ0v) is 14.0. The summed E-state index contributed by atoms with van der Waals surface area (Å²) in [6, 6.07) is 11.9. The molecule has 1 fully saturated rings. The Labute approximate surface area is 142 Å². The number of ether oxygens (including phenoxy) is 1. The summed E-state index contributed by atoms with van der Waals surface area (Å²) in [6.45, 7) is 4.14. The first kappa shape index (κ1) is 16.6. The molecule has 1 aromatic carbocycles. The first-order valence-corrected chi connectivity index (χ1v) is 8.52. The number of benzene rings is 1. The molecule has 0 aliphatic carbocycles. The Morgan fingerprint density at radius 3 is 2.92 bits per heavy atom. The van der Waals surface area contributed by atoms with Gasteiger partial charge in [-0.05, 0) is 25.8 Å². The number of carbonyl (C=O) groups excluding carboxylic acids is 1. The highest BCUT2D eigenvalue weighted by molar-refractivity contribution is 5.77. The van der Waals surface area contributed by atoms with Crippen molar-refractivity contribution in [3.8, 4) is 11.4 Å². The van der Waals surface area contributed by atoms with Gasteiger partial charge in [0, 0.05) is 43.1 Å². The van der Waals surface area contributed by atoms with E-state index in [-0.39, 0.29) is 18.4 Å². The van der Waals surface area contributed by atoms with Gasteiger partial charge in [0.05, 0.1) is 0 Å². The van der Waals surface area contributed by atoms with Crippen LogP contribution in [0.3, 0.4) is 0 Å². The van der Waals surface area contributed by atoms with Gasteiger partial charge < -0.3 is 9.64 Å². The molecular weight excluding hydrogens is 302 g/mol. The van der Waals surface area contributed by atoms with E-state index >= 15 is 0 Å². The molecule has 0 radical (unpaired) electrons. The highest BCUT2D eigenvalue weighted by atomic mass is 16.5. The first-order valence-electron chi connectivity index (χ1n) is 8.52. The van der Waals surface area contributed by atoms with Crippen molar-refractivity contribution in [1.82, 2.24) is 14.9 Å². The molecule has 1 aromatic heterocycles. The maximum Gasteiger partial charge on any atom is 0.248 e. The Bertz CT molecular complexity index is 675. The fraction of sp³-hybridized carbons (Fsp3) is 0.421. The second kappa shape index (κ2) is 8.02. The molecule has 2 aromatic rings. The number of piperidine rings is 1. The second-order valence-corrected chi connectivity index (χ2v) is 5.99. The maximum absolute atomic E-state index is 12.2.